The van der Waals surface area contributed by atoms with Crippen molar-refractivity contribution in [3.63, 3.8) is 0 Å². The fourth-order valence-electron chi connectivity index (χ4n) is 3.06. The van der Waals surface area contributed by atoms with Crippen LogP contribution in [-0.2, 0) is 22.8 Å². The van der Waals surface area contributed by atoms with Gasteiger partial charge in [0.15, 0.2) is 12.6 Å². The number of nitrogens with zero attached hydrogens (tertiary/aromatic N) is 2. The summed E-state index contributed by atoms with van der Waals surface area (Å²) in [4.78, 5) is 0. The molecule has 0 amide bonds. The van der Waals surface area contributed by atoms with Crippen molar-refractivity contribution in [2.24, 2.45) is 0 Å². The maximum atomic E-state index is 3.60. The standard InChI is InChI=1S/C18H28N2P.C6H12.C3H8.C2H4.Ni/c1-14-10-15(2)17(16(3)11-14)20-9-8-19(12-20)13-21(7)18(4,5)6;1-3-5-6-4-2;1-3-2;1-2;/h8-12H,13H2,1-7H3;3H,1,4-6H2,2H3;3H2,1-2H3;1-2H2;/q+1;;;;/p+1. The molecule has 1 atom stereocenters. The van der Waals surface area contributed by atoms with Crippen LogP contribution in [0.3, 0.4) is 0 Å². The van der Waals surface area contributed by atoms with E-state index in [1.807, 2.05) is 6.08 Å². The molecule has 0 spiro atoms. The number of hydrogen-bond donors (Lipinski definition) is 0. The minimum Gasteiger partial charge on any atom is -0.216 e. The van der Waals surface area contributed by atoms with Gasteiger partial charge in [-0.2, -0.15) is 4.57 Å². The van der Waals surface area contributed by atoms with E-state index in [4.69, 9.17) is 0 Å². The van der Waals surface area contributed by atoms with Crippen LogP contribution < -0.4 is 0 Å². The van der Waals surface area contributed by atoms with Crippen LogP contribution in [0.1, 0.15) is 83.9 Å². The van der Waals surface area contributed by atoms with Crippen molar-refractivity contribution in [3.05, 3.63) is 73.4 Å². The van der Waals surface area contributed by atoms with E-state index in [0.717, 1.165) is 6.29 Å². The summed E-state index contributed by atoms with van der Waals surface area (Å²) >= 11 is 0. The zero-order chi connectivity index (χ0) is 25.3. The summed E-state index contributed by atoms with van der Waals surface area (Å²) in [7, 11) is -0.403. The van der Waals surface area contributed by atoms with Gasteiger partial charge in [0.25, 0.3) is 0 Å². The quantitative estimate of drug-likeness (QED) is 0.118. The maximum absolute atomic E-state index is 3.60. The Kier molecular flexibility index (Phi) is 22.3. The number of aromatic nitrogens is 2. The summed E-state index contributed by atoms with van der Waals surface area (Å²) in [6, 6.07) is 4.52. The zero-order valence-electron chi connectivity index (χ0n) is 23.3. The molecule has 1 aromatic heterocycles. The number of hydrogen-bond acceptors (Lipinski definition) is 0. The topological polar surface area (TPSA) is 9.86 Å². The van der Waals surface area contributed by atoms with Gasteiger partial charge in [0, 0.05) is 42.2 Å². The molecule has 0 bridgehead atoms. The van der Waals surface area contributed by atoms with Crippen molar-refractivity contribution in [3.8, 4) is 5.69 Å². The van der Waals surface area contributed by atoms with Crippen molar-refractivity contribution in [1.82, 2.24) is 9.13 Å². The Morgan fingerprint density at radius 1 is 1.00 bits per heavy atom. The summed E-state index contributed by atoms with van der Waals surface area (Å²) in [5, 5.41) is 0.440. The number of rotatable bonds is 6. The molecule has 0 aliphatic carbocycles. The third-order valence-electron chi connectivity index (χ3n) is 5.05. The van der Waals surface area contributed by atoms with Crippen molar-refractivity contribution in [2.75, 3.05) is 6.66 Å². The van der Waals surface area contributed by atoms with E-state index in [2.05, 4.69) is 129 Å². The second-order valence-electron chi connectivity index (χ2n) is 9.41. The molecule has 0 radical (unpaired) electrons. The molecule has 0 N–H and O–H groups in total. The first-order chi connectivity index (χ1) is 15.0. The second-order valence-corrected chi connectivity index (χ2v) is 12.8. The molecule has 33 heavy (non-hydrogen) atoms. The van der Waals surface area contributed by atoms with Gasteiger partial charge < -0.3 is 0 Å². The summed E-state index contributed by atoms with van der Waals surface area (Å²) < 4.78 is 4.61. The van der Waals surface area contributed by atoms with Gasteiger partial charge in [-0.05, 0) is 65.7 Å². The molecule has 192 valence electrons. The third kappa shape index (κ3) is 15.4. The molecule has 0 aliphatic rings. The van der Waals surface area contributed by atoms with Crippen LogP contribution in [0.5, 0.6) is 0 Å². The Balaban J connectivity index is -0.000000635. The van der Waals surface area contributed by atoms with E-state index in [1.165, 1.54) is 48.1 Å². The first-order valence-electron chi connectivity index (χ1n) is 12.1. The predicted molar refractivity (Wildman–Crippen MR) is 153 cm³/mol. The molecular weight excluding hydrogens is 466 g/mol. The van der Waals surface area contributed by atoms with Gasteiger partial charge in [-0.1, -0.05) is 46.1 Å². The molecular formula is C29H53N2NiP+2. The van der Waals surface area contributed by atoms with E-state index < -0.39 is 7.92 Å². The zero-order valence-corrected chi connectivity index (χ0v) is 25.3. The van der Waals surface area contributed by atoms with E-state index in [9.17, 15) is 0 Å². The predicted octanol–water partition coefficient (Wildman–Crippen LogP) is 9.66. The molecule has 2 rings (SSSR count). The first kappa shape index (κ1) is 36.4. The Bertz CT molecular complexity index is 736. The van der Waals surface area contributed by atoms with Crippen LogP contribution >= 0.6 is 7.92 Å². The van der Waals surface area contributed by atoms with Gasteiger partial charge in [0.1, 0.15) is 18.1 Å². The van der Waals surface area contributed by atoms with E-state index in [1.54, 1.807) is 0 Å². The van der Waals surface area contributed by atoms with Gasteiger partial charge in [-0.3, -0.25) is 0 Å². The molecule has 1 aromatic carbocycles. The van der Waals surface area contributed by atoms with Crippen LogP contribution in [0.25, 0.3) is 5.69 Å². The Labute approximate surface area is 218 Å². The maximum Gasteiger partial charge on any atom is 0.169 e. The third-order valence-corrected chi connectivity index (χ3v) is 8.45. The smallest absolute Gasteiger partial charge is 0.169 e. The normalized spacial score (nSPS) is 10.7. The van der Waals surface area contributed by atoms with Crippen molar-refractivity contribution >= 4 is 7.92 Å². The second kappa shape index (κ2) is 20.2. The number of imidazole rings is 1. The van der Waals surface area contributed by atoms with Crippen LogP contribution in [0.2, 0.25) is 0 Å². The fourth-order valence-corrected chi connectivity index (χ4v) is 4.27. The molecule has 2 aromatic rings. The van der Waals surface area contributed by atoms with E-state index in [0.29, 0.717) is 5.16 Å². The largest absolute Gasteiger partial charge is 0.216 e. The van der Waals surface area contributed by atoms with Crippen molar-refractivity contribution < 1.29 is 16.5 Å². The fraction of sp³-hybridized carbons (Fsp3) is 0.552. The summed E-state index contributed by atoms with van der Waals surface area (Å²) in [6.45, 7) is 32.1. The van der Waals surface area contributed by atoms with Gasteiger partial charge in [-0.25, -0.2) is 4.57 Å². The Morgan fingerprint density at radius 3 is 1.85 bits per heavy atom. The van der Waals surface area contributed by atoms with Gasteiger partial charge in [-0.15, -0.1) is 19.7 Å². The average molecular weight is 519 g/mol. The molecule has 1 heterocycles. The SMILES string of the molecule is C=C.C=CCCCC.CCC.Cc1cc(C)c(-n2ccn(C[PH+](C)C(C)(C)C)[cH+]2)c(C)c1.[Ni]. The number of benzene rings is 1. The molecule has 2 nitrogen and oxygen atoms in total. The molecule has 4 heteroatoms. The molecule has 0 aliphatic heterocycles. The van der Waals surface area contributed by atoms with Crippen LogP contribution in [0.15, 0.2) is 56.7 Å². The minimum atomic E-state index is -0.403. The Hall–Kier alpha value is -1.17. The van der Waals surface area contributed by atoms with Crippen molar-refractivity contribution in [1.29, 1.82) is 0 Å². The Morgan fingerprint density at radius 2 is 1.48 bits per heavy atom. The van der Waals surface area contributed by atoms with Gasteiger partial charge in [0.05, 0.1) is 5.16 Å². The summed E-state index contributed by atoms with van der Waals surface area (Å²) in [6.07, 6.45) is 14.8. The molecule has 1 unspecified atom stereocenters. The average Bonchev–Trinajstić information content (AvgIpc) is 3.15. The van der Waals surface area contributed by atoms with Crippen LogP contribution in [0.4, 0.5) is 0 Å². The minimum absolute atomic E-state index is 0. The van der Waals surface area contributed by atoms with E-state index in [-0.39, 0.29) is 16.5 Å². The number of aryl methyl sites for hydroxylation is 3. The van der Waals surface area contributed by atoms with Crippen molar-refractivity contribution in [2.45, 2.75) is 99.4 Å². The first-order valence-corrected chi connectivity index (χ1v) is 14.3. The molecule has 0 saturated heterocycles. The summed E-state index contributed by atoms with van der Waals surface area (Å²) in [5.74, 6) is 0. The summed E-state index contributed by atoms with van der Waals surface area (Å²) in [5.41, 5.74) is 5.33. The number of unbranched alkanes of at least 4 members (excludes halogenated alkanes) is 2. The monoisotopic (exact) mass is 518 g/mol. The van der Waals surface area contributed by atoms with Gasteiger partial charge >= 0.3 is 0 Å². The van der Waals surface area contributed by atoms with Crippen LogP contribution in [0, 0.1) is 20.8 Å². The van der Waals surface area contributed by atoms with E-state index >= 15 is 0 Å². The van der Waals surface area contributed by atoms with Crippen LogP contribution in [-0.4, -0.2) is 21.0 Å². The molecule has 0 fully saturated rings. The molecule has 0 saturated carbocycles. The number of allylic oxidation sites excluding steroid dienone is 1. The van der Waals surface area contributed by atoms with Gasteiger partial charge in [0.2, 0.25) is 0 Å².